The topological polar surface area (TPSA) is 72.2 Å². The fourth-order valence-corrected chi connectivity index (χ4v) is 5.61. The average molecular weight is 349 g/mol. The number of hydrogen-bond acceptors (Lipinski definition) is 3. The number of anilines is 1. The molecule has 0 saturated heterocycles. The summed E-state index contributed by atoms with van der Waals surface area (Å²) in [5.74, 6) is 0.455. The van der Waals surface area contributed by atoms with E-state index >= 15 is 0 Å². The Hall–Kier alpha value is -1.36. The molecule has 3 rings (SSSR count). The first-order valence-electron chi connectivity index (χ1n) is 9.35. The van der Waals surface area contributed by atoms with Gasteiger partial charge in [-0.1, -0.05) is 39.0 Å². The molecule has 0 unspecified atom stereocenters. The Kier molecular flexibility index (Phi) is 5.59. The van der Waals surface area contributed by atoms with Crippen LogP contribution in [-0.2, 0) is 17.6 Å². The van der Waals surface area contributed by atoms with Crippen molar-refractivity contribution in [1.82, 2.24) is 0 Å². The molecule has 1 aromatic heterocycles. The Labute approximate surface area is 148 Å². The van der Waals surface area contributed by atoms with Crippen LogP contribution in [0.1, 0.15) is 79.1 Å². The molecule has 1 heterocycles. The SMILES string of the molecule is CCC[C@@H]1CCc2c(sc(NC(=O)C3CCCCC3)c2C(N)=O)C1. The van der Waals surface area contributed by atoms with Gasteiger partial charge in [-0.25, -0.2) is 0 Å². The molecule has 2 aliphatic rings. The molecule has 24 heavy (non-hydrogen) atoms. The summed E-state index contributed by atoms with van der Waals surface area (Å²) in [6.45, 7) is 2.22. The van der Waals surface area contributed by atoms with Crippen molar-refractivity contribution >= 4 is 28.2 Å². The van der Waals surface area contributed by atoms with Gasteiger partial charge in [-0.2, -0.15) is 0 Å². The van der Waals surface area contributed by atoms with E-state index in [2.05, 4.69) is 12.2 Å². The summed E-state index contributed by atoms with van der Waals surface area (Å²) in [7, 11) is 0. The first-order chi connectivity index (χ1) is 11.6. The summed E-state index contributed by atoms with van der Waals surface area (Å²) in [4.78, 5) is 25.8. The minimum absolute atomic E-state index is 0.0703. The lowest BCUT2D eigenvalue weighted by molar-refractivity contribution is -0.120. The largest absolute Gasteiger partial charge is 0.365 e. The van der Waals surface area contributed by atoms with Crippen LogP contribution in [-0.4, -0.2) is 11.8 Å². The fraction of sp³-hybridized carbons (Fsp3) is 0.684. The predicted molar refractivity (Wildman–Crippen MR) is 98.5 cm³/mol. The van der Waals surface area contributed by atoms with E-state index < -0.39 is 5.91 Å². The summed E-state index contributed by atoms with van der Waals surface area (Å²) in [6, 6.07) is 0. The number of thiophene rings is 1. The van der Waals surface area contributed by atoms with Crippen LogP contribution in [0.25, 0.3) is 0 Å². The Morgan fingerprint density at radius 3 is 2.62 bits per heavy atom. The molecular weight excluding hydrogens is 320 g/mol. The van der Waals surface area contributed by atoms with Gasteiger partial charge in [-0.15, -0.1) is 11.3 Å². The van der Waals surface area contributed by atoms with Crippen LogP contribution in [0.5, 0.6) is 0 Å². The minimum Gasteiger partial charge on any atom is -0.365 e. The third-order valence-corrected chi connectivity index (χ3v) is 6.69. The Bertz CT molecular complexity index is 617. The van der Waals surface area contributed by atoms with Gasteiger partial charge in [0.1, 0.15) is 5.00 Å². The maximum Gasteiger partial charge on any atom is 0.251 e. The van der Waals surface area contributed by atoms with Gasteiger partial charge in [-0.05, 0) is 43.6 Å². The van der Waals surface area contributed by atoms with E-state index in [1.54, 1.807) is 11.3 Å². The average Bonchev–Trinajstić information content (AvgIpc) is 2.93. The normalized spacial score (nSPS) is 21.3. The van der Waals surface area contributed by atoms with Crippen molar-refractivity contribution < 1.29 is 9.59 Å². The fourth-order valence-electron chi connectivity index (χ4n) is 4.24. The van der Waals surface area contributed by atoms with E-state index in [1.807, 2.05) is 0 Å². The molecule has 5 heteroatoms. The molecular formula is C19H28N2O2S. The zero-order chi connectivity index (χ0) is 17.1. The number of amides is 2. The van der Waals surface area contributed by atoms with Crippen molar-refractivity contribution in [3.63, 3.8) is 0 Å². The van der Waals surface area contributed by atoms with Gasteiger partial charge in [0.2, 0.25) is 5.91 Å². The molecule has 0 aromatic carbocycles. The molecule has 132 valence electrons. The Morgan fingerprint density at radius 2 is 1.96 bits per heavy atom. The van der Waals surface area contributed by atoms with Crippen molar-refractivity contribution in [2.75, 3.05) is 5.32 Å². The lowest BCUT2D eigenvalue weighted by atomic mass is 9.84. The summed E-state index contributed by atoms with van der Waals surface area (Å²) in [5.41, 5.74) is 7.32. The first kappa shape index (κ1) is 17.5. The minimum atomic E-state index is -0.402. The molecule has 0 bridgehead atoms. The highest BCUT2D eigenvalue weighted by atomic mass is 32.1. The maximum atomic E-state index is 12.6. The Balaban J connectivity index is 1.80. The molecule has 2 aliphatic carbocycles. The summed E-state index contributed by atoms with van der Waals surface area (Å²) >= 11 is 1.58. The number of carbonyl (C=O) groups excluding carboxylic acids is 2. The third kappa shape index (κ3) is 3.66. The molecule has 1 atom stereocenters. The lowest BCUT2D eigenvalue weighted by Gasteiger charge is -2.21. The van der Waals surface area contributed by atoms with Gasteiger partial charge in [0, 0.05) is 10.8 Å². The number of hydrogen-bond donors (Lipinski definition) is 2. The van der Waals surface area contributed by atoms with Gasteiger partial charge in [0.05, 0.1) is 5.56 Å². The summed E-state index contributed by atoms with van der Waals surface area (Å²) in [5, 5.41) is 3.74. The van der Waals surface area contributed by atoms with E-state index in [4.69, 9.17) is 5.73 Å². The van der Waals surface area contributed by atoms with Gasteiger partial charge in [0.15, 0.2) is 0 Å². The van der Waals surface area contributed by atoms with Crippen LogP contribution in [0.3, 0.4) is 0 Å². The zero-order valence-corrected chi connectivity index (χ0v) is 15.3. The van der Waals surface area contributed by atoms with Gasteiger partial charge in [0.25, 0.3) is 5.91 Å². The number of primary amides is 1. The highest BCUT2D eigenvalue weighted by Crippen LogP contribution is 2.41. The van der Waals surface area contributed by atoms with Crippen LogP contribution >= 0.6 is 11.3 Å². The first-order valence-corrected chi connectivity index (χ1v) is 10.2. The lowest BCUT2D eigenvalue weighted by Crippen LogP contribution is -2.26. The van der Waals surface area contributed by atoms with Gasteiger partial charge < -0.3 is 11.1 Å². The van der Waals surface area contributed by atoms with Crippen molar-refractivity contribution in [2.24, 2.45) is 17.6 Å². The van der Waals surface area contributed by atoms with E-state index in [1.165, 1.54) is 24.1 Å². The van der Waals surface area contributed by atoms with E-state index in [0.717, 1.165) is 50.5 Å². The number of fused-ring (bicyclic) bond motifs is 1. The zero-order valence-electron chi connectivity index (χ0n) is 14.5. The molecule has 0 radical (unpaired) electrons. The van der Waals surface area contributed by atoms with Crippen LogP contribution < -0.4 is 11.1 Å². The third-order valence-electron chi connectivity index (χ3n) is 5.52. The molecule has 1 aromatic rings. The molecule has 2 amide bonds. The molecule has 1 saturated carbocycles. The standard InChI is InChI=1S/C19H28N2O2S/c1-2-6-12-9-10-14-15(11-12)24-19(16(14)17(20)22)21-18(23)13-7-4-3-5-8-13/h12-13H,2-11H2,1H3,(H2,20,22)(H,21,23)/t12-/m1/s1. The Morgan fingerprint density at radius 1 is 1.21 bits per heavy atom. The van der Waals surface area contributed by atoms with Crippen LogP contribution in [0.2, 0.25) is 0 Å². The molecule has 3 N–H and O–H groups in total. The highest BCUT2D eigenvalue weighted by molar-refractivity contribution is 7.17. The molecule has 4 nitrogen and oxygen atoms in total. The predicted octanol–water partition coefficient (Wildman–Crippen LogP) is 4.27. The highest BCUT2D eigenvalue weighted by Gasteiger charge is 2.29. The molecule has 1 fully saturated rings. The van der Waals surface area contributed by atoms with Crippen molar-refractivity contribution in [2.45, 2.75) is 71.1 Å². The summed E-state index contributed by atoms with van der Waals surface area (Å²) < 4.78 is 0. The second-order valence-electron chi connectivity index (χ2n) is 7.29. The quantitative estimate of drug-likeness (QED) is 0.834. The number of rotatable bonds is 5. The molecule has 0 aliphatic heterocycles. The van der Waals surface area contributed by atoms with Gasteiger partial charge in [-0.3, -0.25) is 9.59 Å². The second-order valence-corrected chi connectivity index (χ2v) is 8.40. The van der Waals surface area contributed by atoms with Crippen molar-refractivity contribution in [3.05, 3.63) is 16.0 Å². The number of nitrogens with one attached hydrogen (secondary N) is 1. The van der Waals surface area contributed by atoms with Crippen molar-refractivity contribution in [3.8, 4) is 0 Å². The number of carbonyl (C=O) groups is 2. The second kappa shape index (κ2) is 7.68. The van der Waals surface area contributed by atoms with Crippen molar-refractivity contribution in [1.29, 1.82) is 0 Å². The van der Waals surface area contributed by atoms with E-state index in [-0.39, 0.29) is 11.8 Å². The van der Waals surface area contributed by atoms with E-state index in [9.17, 15) is 9.59 Å². The summed E-state index contributed by atoms with van der Waals surface area (Å²) in [6.07, 6.45) is 10.9. The smallest absolute Gasteiger partial charge is 0.251 e. The van der Waals surface area contributed by atoms with Crippen LogP contribution in [0, 0.1) is 11.8 Å². The van der Waals surface area contributed by atoms with Crippen LogP contribution in [0.15, 0.2) is 0 Å². The van der Waals surface area contributed by atoms with Crippen LogP contribution in [0.4, 0.5) is 5.00 Å². The molecule has 0 spiro atoms. The monoisotopic (exact) mass is 348 g/mol. The maximum absolute atomic E-state index is 12.6. The van der Waals surface area contributed by atoms with Gasteiger partial charge >= 0.3 is 0 Å². The number of nitrogens with two attached hydrogens (primary N) is 1. The van der Waals surface area contributed by atoms with E-state index in [0.29, 0.717) is 16.5 Å².